The van der Waals surface area contributed by atoms with Crippen LogP contribution in [0.1, 0.15) is 6.92 Å². The Labute approximate surface area is 164 Å². The van der Waals surface area contributed by atoms with Crippen molar-refractivity contribution in [1.29, 1.82) is 0 Å². The standard InChI is InChI=1S/C19H16ClN5OS/c1-2-25-15-6-4-3-5-14(15)17-18(25)22-19(24-23-17)27-11-16(26)21-13-9-7-12(20)8-10-13/h3-10H,2,11H2,1H3,(H,21,26). The molecule has 0 unspecified atom stereocenters. The van der Waals surface area contributed by atoms with Gasteiger partial charge in [-0.2, -0.15) is 0 Å². The first-order chi connectivity index (χ1) is 13.2. The summed E-state index contributed by atoms with van der Waals surface area (Å²) in [6.45, 7) is 2.85. The summed E-state index contributed by atoms with van der Waals surface area (Å²) < 4.78 is 2.11. The molecule has 0 atom stereocenters. The largest absolute Gasteiger partial charge is 0.325 e. The van der Waals surface area contributed by atoms with Crippen LogP contribution in [0.3, 0.4) is 0 Å². The van der Waals surface area contributed by atoms with Crippen LogP contribution in [0.15, 0.2) is 53.7 Å². The van der Waals surface area contributed by atoms with E-state index in [1.54, 1.807) is 24.3 Å². The number of hydrogen-bond donors (Lipinski definition) is 1. The maximum atomic E-state index is 12.2. The van der Waals surface area contributed by atoms with E-state index < -0.39 is 0 Å². The Morgan fingerprint density at radius 1 is 1.15 bits per heavy atom. The number of anilines is 1. The van der Waals surface area contributed by atoms with Crippen molar-refractivity contribution in [2.45, 2.75) is 18.6 Å². The first kappa shape index (κ1) is 17.8. The van der Waals surface area contributed by atoms with Crippen molar-refractivity contribution in [2.75, 3.05) is 11.1 Å². The Kier molecular flexibility index (Phi) is 4.96. The third kappa shape index (κ3) is 3.61. The second-order valence-electron chi connectivity index (χ2n) is 5.87. The molecule has 8 heteroatoms. The predicted molar refractivity (Wildman–Crippen MR) is 109 cm³/mol. The monoisotopic (exact) mass is 397 g/mol. The highest BCUT2D eigenvalue weighted by molar-refractivity contribution is 7.99. The van der Waals surface area contributed by atoms with Crippen LogP contribution in [-0.4, -0.2) is 31.4 Å². The van der Waals surface area contributed by atoms with E-state index >= 15 is 0 Å². The van der Waals surface area contributed by atoms with E-state index in [-0.39, 0.29) is 11.7 Å². The second-order valence-corrected chi connectivity index (χ2v) is 7.25. The van der Waals surface area contributed by atoms with Gasteiger partial charge >= 0.3 is 0 Å². The summed E-state index contributed by atoms with van der Waals surface area (Å²) in [5.74, 6) is 0.0596. The topological polar surface area (TPSA) is 72.7 Å². The van der Waals surface area contributed by atoms with Crippen LogP contribution < -0.4 is 5.32 Å². The zero-order valence-corrected chi connectivity index (χ0v) is 16.1. The van der Waals surface area contributed by atoms with Gasteiger partial charge in [0.05, 0.1) is 11.3 Å². The SMILES string of the molecule is CCn1c2ccccc2c2nnc(SCC(=O)Nc3ccc(Cl)cc3)nc21. The fourth-order valence-electron chi connectivity index (χ4n) is 2.93. The molecule has 2 heterocycles. The summed E-state index contributed by atoms with van der Waals surface area (Å²) in [4.78, 5) is 16.8. The van der Waals surface area contributed by atoms with Crippen LogP contribution >= 0.6 is 23.4 Å². The number of carbonyl (C=O) groups excluding carboxylic acids is 1. The number of aryl methyl sites for hydroxylation is 1. The molecule has 2 aromatic heterocycles. The smallest absolute Gasteiger partial charge is 0.234 e. The summed E-state index contributed by atoms with van der Waals surface area (Å²) in [5.41, 5.74) is 3.35. The minimum atomic E-state index is -0.137. The number of nitrogens with one attached hydrogen (secondary N) is 1. The minimum absolute atomic E-state index is 0.137. The highest BCUT2D eigenvalue weighted by Gasteiger charge is 2.14. The molecule has 2 aromatic carbocycles. The fourth-order valence-corrected chi connectivity index (χ4v) is 3.64. The number of para-hydroxylation sites is 1. The van der Waals surface area contributed by atoms with Gasteiger partial charge in [0.15, 0.2) is 5.65 Å². The Morgan fingerprint density at radius 3 is 2.70 bits per heavy atom. The first-order valence-electron chi connectivity index (χ1n) is 8.45. The number of halogens is 1. The average molecular weight is 398 g/mol. The highest BCUT2D eigenvalue weighted by Crippen LogP contribution is 2.27. The summed E-state index contributed by atoms with van der Waals surface area (Å²) >= 11 is 7.11. The normalized spacial score (nSPS) is 11.2. The van der Waals surface area contributed by atoms with Crippen molar-refractivity contribution in [3.63, 3.8) is 0 Å². The zero-order valence-electron chi connectivity index (χ0n) is 14.5. The molecule has 0 aliphatic heterocycles. The lowest BCUT2D eigenvalue weighted by Crippen LogP contribution is -2.14. The van der Waals surface area contributed by atoms with Crippen LogP contribution in [0, 0.1) is 0 Å². The predicted octanol–water partition coefficient (Wildman–Crippen LogP) is 4.38. The van der Waals surface area contributed by atoms with Crippen molar-refractivity contribution < 1.29 is 4.79 Å². The Hall–Kier alpha value is -2.64. The lowest BCUT2D eigenvalue weighted by atomic mass is 10.2. The maximum Gasteiger partial charge on any atom is 0.234 e. The molecule has 0 aliphatic rings. The Morgan fingerprint density at radius 2 is 1.93 bits per heavy atom. The number of hydrogen-bond acceptors (Lipinski definition) is 5. The summed E-state index contributed by atoms with van der Waals surface area (Å²) in [6, 6.07) is 15.0. The van der Waals surface area contributed by atoms with Gasteiger partial charge in [-0.05, 0) is 37.3 Å². The maximum absolute atomic E-state index is 12.2. The number of nitrogens with zero attached hydrogens (tertiary/aromatic N) is 4. The van der Waals surface area contributed by atoms with Crippen LogP contribution in [0.5, 0.6) is 0 Å². The third-order valence-electron chi connectivity index (χ3n) is 4.13. The fraction of sp³-hybridized carbons (Fsp3) is 0.158. The number of fused-ring (bicyclic) bond motifs is 3. The molecule has 0 fully saturated rings. The van der Waals surface area contributed by atoms with E-state index in [4.69, 9.17) is 11.6 Å². The molecule has 1 amide bonds. The molecule has 0 radical (unpaired) electrons. The molecule has 4 aromatic rings. The summed E-state index contributed by atoms with van der Waals surface area (Å²) in [7, 11) is 0. The van der Waals surface area contributed by atoms with Gasteiger partial charge in [-0.15, -0.1) is 10.2 Å². The quantitative estimate of drug-likeness (QED) is 0.506. The van der Waals surface area contributed by atoms with Crippen molar-refractivity contribution in [1.82, 2.24) is 19.7 Å². The molecular formula is C19H16ClN5OS. The van der Waals surface area contributed by atoms with Crippen molar-refractivity contribution >= 4 is 57.0 Å². The van der Waals surface area contributed by atoms with Gasteiger partial charge < -0.3 is 9.88 Å². The molecule has 6 nitrogen and oxygen atoms in total. The molecule has 0 spiro atoms. The molecule has 27 heavy (non-hydrogen) atoms. The molecular weight excluding hydrogens is 382 g/mol. The lowest BCUT2D eigenvalue weighted by molar-refractivity contribution is -0.113. The zero-order chi connectivity index (χ0) is 18.8. The van der Waals surface area contributed by atoms with E-state index in [1.807, 2.05) is 18.2 Å². The Bertz CT molecular complexity index is 1130. The summed E-state index contributed by atoms with van der Waals surface area (Å²) in [6.07, 6.45) is 0. The lowest BCUT2D eigenvalue weighted by Gasteiger charge is -2.05. The number of carbonyl (C=O) groups is 1. The molecule has 0 saturated carbocycles. The number of aromatic nitrogens is 4. The molecule has 1 N–H and O–H groups in total. The minimum Gasteiger partial charge on any atom is -0.325 e. The van der Waals surface area contributed by atoms with Gasteiger partial charge in [0, 0.05) is 22.6 Å². The Balaban J connectivity index is 1.53. The molecule has 0 bridgehead atoms. The first-order valence-corrected chi connectivity index (χ1v) is 9.82. The van der Waals surface area contributed by atoms with Gasteiger partial charge in [-0.1, -0.05) is 41.6 Å². The number of benzene rings is 2. The van der Waals surface area contributed by atoms with E-state index in [9.17, 15) is 4.79 Å². The van der Waals surface area contributed by atoms with E-state index in [0.29, 0.717) is 15.9 Å². The van der Waals surface area contributed by atoms with Crippen LogP contribution in [-0.2, 0) is 11.3 Å². The third-order valence-corrected chi connectivity index (χ3v) is 5.22. The van der Waals surface area contributed by atoms with E-state index in [1.165, 1.54) is 11.8 Å². The van der Waals surface area contributed by atoms with Crippen molar-refractivity contribution in [3.05, 3.63) is 53.6 Å². The second kappa shape index (κ2) is 7.54. The van der Waals surface area contributed by atoms with Crippen LogP contribution in [0.4, 0.5) is 5.69 Å². The van der Waals surface area contributed by atoms with Crippen LogP contribution in [0.25, 0.3) is 22.1 Å². The number of rotatable bonds is 5. The van der Waals surface area contributed by atoms with E-state index in [0.717, 1.165) is 28.6 Å². The summed E-state index contributed by atoms with van der Waals surface area (Å²) in [5, 5.41) is 13.5. The molecule has 0 aliphatic carbocycles. The van der Waals surface area contributed by atoms with Crippen LogP contribution in [0.2, 0.25) is 5.02 Å². The van der Waals surface area contributed by atoms with Crippen molar-refractivity contribution in [3.8, 4) is 0 Å². The highest BCUT2D eigenvalue weighted by atomic mass is 35.5. The van der Waals surface area contributed by atoms with Crippen molar-refractivity contribution in [2.24, 2.45) is 0 Å². The number of thioether (sulfide) groups is 1. The average Bonchev–Trinajstić information content (AvgIpc) is 3.01. The van der Waals surface area contributed by atoms with Gasteiger partial charge in [0.2, 0.25) is 11.1 Å². The molecule has 0 saturated heterocycles. The van der Waals surface area contributed by atoms with Gasteiger partial charge in [-0.3, -0.25) is 4.79 Å². The molecule has 136 valence electrons. The van der Waals surface area contributed by atoms with Gasteiger partial charge in [0.1, 0.15) is 5.52 Å². The van der Waals surface area contributed by atoms with Gasteiger partial charge in [0.25, 0.3) is 0 Å². The molecule has 4 rings (SSSR count). The number of amides is 1. The van der Waals surface area contributed by atoms with Gasteiger partial charge in [-0.25, -0.2) is 4.98 Å². The van der Waals surface area contributed by atoms with E-state index in [2.05, 4.69) is 38.1 Å².